The summed E-state index contributed by atoms with van der Waals surface area (Å²) in [6.45, 7) is 0.904. The maximum atomic E-state index is 11.4. The van der Waals surface area contributed by atoms with Gasteiger partial charge in [0.1, 0.15) is 0 Å². The smallest absolute Gasteiger partial charge is 0.253 e. The fraction of sp³-hybridized carbons (Fsp3) is 0.545. The van der Waals surface area contributed by atoms with Gasteiger partial charge in [0.05, 0.1) is 19.8 Å². The molecule has 0 spiro atoms. The van der Waals surface area contributed by atoms with Crippen LogP contribution in [0, 0.1) is 0 Å². The van der Waals surface area contributed by atoms with Crippen molar-refractivity contribution < 1.29 is 24.2 Å². The highest BCUT2D eigenvalue weighted by Gasteiger charge is 2.23. The van der Waals surface area contributed by atoms with Gasteiger partial charge in [-0.15, -0.1) is 0 Å². The predicted molar refractivity (Wildman–Crippen MR) is 61.4 cm³/mol. The number of hydrogen-bond donors (Lipinski definition) is 2. The van der Waals surface area contributed by atoms with E-state index in [-0.39, 0.29) is 43.9 Å². The number of amides is 3. The van der Waals surface area contributed by atoms with Gasteiger partial charge in [0, 0.05) is 31.7 Å². The summed E-state index contributed by atoms with van der Waals surface area (Å²) in [5.74, 6) is -1.03. The van der Waals surface area contributed by atoms with E-state index in [4.69, 9.17) is 9.84 Å². The second-order valence-corrected chi connectivity index (χ2v) is 3.60. The predicted octanol–water partition coefficient (Wildman–Crippen LogP) is -1.57. The van der Waals surface area contributed by atoms with Crippen LogP contribution in [0.1, 0.15) is 6.42 Å². The minimum atomic E-state index is -0.390. The molecule has 0 atom stereocenters. The van der Waals surface area contributed by atoms with Crippen molar-refractivity contribution in [3.63, 3.8) is 0 Å². The Balaban J connectivity index is 2.10. The van der Waals surface area contributed by atoms with Gasteiger partial charge in [-0.05, 0) is 0 Å². The molecule has 7 heteroatoms. The van der Waals surface area contributed by atoms with Crippen LogP contribution in [0.4, 0.5) is 0 Å². The van der Waals surface area contributed by atoms with Crippen LogP contribution in [0.3, 0.4) is 0 Å². The molecule has 0 unspecified atom stereocenters. The highest BCUT2D eigenvalue weighted by Crippen LogP contribution is 2.03. The molecule has 1 aliphatic heterocycles. The van der Waals surface area contributed by atoms with Gasteiger partial charge in [-0.3, -0.25) is 19.3 Å². The van der Waals surface area contributed by atoms with Crippen molar-refractivity contribution in [2.24, 2.45) is 0 Å². The number of imide groups is 1. The Morgan fingerprint density at radius 1 is 1.28 bits per heavy atom. The van der Waals surface area contributed by atoms with Crippen molar-refractivity contribution in [3.8, 4) is 0 Å². The Morgan fingerprint density at radius 3 is 2.56 bits per heavy atom. The number of carbonyl (C=O) groups is 3. The molecule has 2 N–H and O–H groups in total. The van der Waals surface area contributed by atoms with Crippen LogP contribution in [0.15, 0.2) is 12.2 Å². The minimum absolute atomic E-state index is 0.0554. The monoisotopic (exact) mass is 256 g/mol. The minimum Gasteiger partial charge on any atom is -0.394 e. The molecule has 0 bridgehead atoms. The lowest BCUT2D eigenvalue weighted by Crippen LogP contribution is -2.35. The molecule has 1 rings (SSSR count). The Bertz CT molecular complexity index is 335. The van der Waals surface area contributed by atoms with Crippen molar-refractivity contribution in [2.45, 2.75) is 6.42 Å². The lowest BCUT2D eigenvalue weighted by Gasteiger charge is -2.13. The van der Waals surface area contributed by atoms with E-state index < -0.39 is 0 Å². The molecule has 0 saturated carbocycles. The lowest BCUT2D eigenvalue weighted by molar-refractivity contribution is -0.137. The molecule has 7 nitrogen and oxygen atoms in total. The molecule has 0 aromatic rings. The summed E-state index contributed by atoms with van der Waals surface area (Å²) in [6, 6.07) is 0. The molecule has 1 aliphatic rings. The summed E-state index contributed by atoms with van der Waals surface area (Å²) >= 11 is 0. The summed E-state index contributed by atoms with van der Waals surface area (Å²) in [4.78, 5) is 34.7. The molecular weight excluding hydrogens is 240 g/mol. The van der Waals surface area contributed by atoms with E-state index in [1.807, 2.05) is 0 Å². The number of ether oxygens (including phenoxy) is 1. The normalized spacial score (nSPS) is 14.4. The van der Waals surface area contributed by atoms with E-state index in [9.17, 15) is 14.4 Å². The van der Waals surface area contributed by atoms with Crippen molar-refractivity contribution in [3.05, 3.63) is 12.2 Å². The summed E-state index contributed by atoms with van der Waals surface area (Å²) in [5.41, 5.74) is 0. The number of nitrogens with one attached hydrogen (secondary N) is 1. The largest absolute Gasteiger partial charge is 0.394 e. The number of hydrogen-bond acceptors (Lipinski definition) is 5. The SMILES string of the molecule is O=C(CCN1C(=O)C=CC1=O)NCCOCCO. The third kappa shape index (κ3) is 4.64. The molecule has 1 heterocycles. The molecule has 0 fully saturated rings. The van der Waals surface area contributed by atoms with Crippen molar-refractivity contribution in [1.82, 2.24) is 10.2 Å². The third-order valence-electron chi connectivity index (χ3n) is 2.27. The quantitative estimate of drug-likeness (QED) is 0.404. The van der Waals surface area contributed by atoms with E-state index in [0.29, 0.717) is 13.2 Å². The van der Waals surface area contributed by atoms with Crippen molar-refractivity contribution >= 4 is 17.7 Å². The van der Waals surface area contributed by atoms with Gasteiger partial charge in [0.2, 0.25) is 5.91 Å². The maximum absolute atomic E-state index is 11.4. The van der Waals surface area contributed by atoms with Gasteiger partial charge in [-0.2, -0.15) is 0 Å². The van der Waals surface area contributed by atoms with Crippen LogP contribution in [0.25, 0.3) is 0 Å². The van der Waals surface area contributed by atoms with Crippen molar-refractivity contribution in [2.75, 3.05) is 32.9 Å². The Morgan fingerprint density at radius 2 is 1.94 bits per heavy atom. The van der Waals surface area contributed by atoms with Gasteiger partial charge in [-0.25, -0.2) is 0 Å². The maximum Gasteiger partial charge on any atom is 0.253 e. The zero-order valence-corrected chi connectivity index (χ0v) is 9.92. The number of aliphatic hydroxyl groups excluding tert-OH is 1. The van der Waals surface area contributed by atoms with E-state index in [1.165, 1.54) is 12.2 Å². The fourth-order valence-corrected chi connectivity index (χ4v) is 1.38. The fourth-order valence-electron chi connectivity index (χ4n) is 1.38. The van der Waals surface area contributed by atoms with E-state index in [0.717, 1.165) is 4.90 Å². The summed E-state index contributed by atoms with van der Waals surface area (Å²) in [5, 5.41) is 11.0. The summed E-state index contributed by atoms with van der Waals surface area (Å²) < 4.78 is 4.95. The Kier molecular flexibility index (Phi) is 6.03. The number of aliphatic hydroxyl groups is 1. The Hall–Kier alpha value is -1.73. The van der Waals surface area contributed by atoms with Crippen molar-refractivity contribution in [1.29, 1.82) is 0 Å². The number of carbonyl (C=O) groups excluding carboxylic acids is 3. The molecule has 0 aromatic carbocycles. The van der Waals surface area contributed by atoms with Crippen LogP contribution in [-0.2, 0) is 19.1 Å². The average molecular weight is 256 g/mol. The molecule has 0 radical (unpaired) electrons. The molecule has 100 valence electrons. The molecule has 0 aromatic heterocycles. The third-order valence-corrected chi connectivity index (χ3v) is 2.27. The highest BCUT2D eigenvalue weighted by atomic mass is 16.5. The molecule has 3 amide bonds. The van der Waals surface area contributed by atoms with Gasteiger partial charge >= 0.3 is 0 Å². The van der Waals surface area contributed by atoms with Crippen LogP contribution in [0.5, 0.6) is 0 Å². The first-order valence-corrected chi connectivity index (χ1v) is 5.64. The molecular formula is C11H16N2O5. The van der Waals surface area contributed by atoms with E-state index in [2.05, 4.69) is 5.32 Å². The van der Waals surface area contributed by atoms with Crippen LogP contribution in [-0.4, -0.2) is 60.6 Å². The summed E-state index contributed by atoms with van der Waals surface area (Å²) in [6.07, 6.45) is 2.44. The Labute approximate surface area is 104 Å². The van der Waals surface area contributed by atoms with Gasteiger partial charge in [0.15, 0.2) is 0 Å². The van der Waals surface area contributed by atoms with Gasteiger partial charge < -0.3 is 15.2 Å². The average Bonchev–Trinajstić information content (AvgIpc) is 2.66. The second-order valence-electron chi connectivity index (χ2n) is 3.60. The van der Waals surface area contributed by atoms with E-state index in [1.54, 1.807) is 0 Å². The summed E-state index contributed by atoms with van der Waals surface area (Å²) in [7, 11) is 0. The molecule has 0 saturated heterocycles. The topological polar surface area (TPSA) is 95.9 Å². The first-order valence-electron chi connectivity index (χ1n) is 5.64. The van der Waals surface area contributed by atoms with Gasteiger partial charge in [-0.1, -0.05) is 0 Å². The number of nitrogens with zero attached hydrogens (tertiary/aromatic N) is 1. The van der Waals surface area contributed by atoms with Crippen LogP contribution in [0.2, 0.25) is 0 Å². The first-order chi connectivity index (χ1) is 8.65. The van der Waals surface area contributed by atoms with E-state index >= 15 is 0 Å². The molecule has 18 heavy (non-hydrogen) atoms. The first kappa shape index (κ1) is 14.3. The standard InChI is InChI=1S/C11H16N2O5/c14-6-8-18-7-4-12-9(15)3-5-13-10(16)1-2-11(13)17/h1-2,14H,3-8H2,(H,12,15). The zero-order valence-electron chi connectivity index (χ0n) is 9.92. The highest BCUT2D eigenvalue weighted by molar-refractivity contribution is 6.13. The van der Waals surface area contributed by atoms with Crippen LogP contribution < -0.4 is 5.32 Å². The van der Waals surface area contributed by atoms with Gasteiger partial charge in [0.25, 0.3) is 11.8 Å². The number of rotatable bonds is 8. The zero-order chi connectivity index (χ0) is 13.4. The second kappa shape index (κ2) is 7.57. The molecule has 0 aliphatic carbocycles. The van der Waals surface area contributed by atoms with Crippen LogP contribution >= 0.6 is 0 Å². The lowest BCUT2D eigenvalue weighted by atomic mass is 10.3.